The lowest BCUT2D eigenvalue weighted by molar-refractivity contribution is -0.119. The number of nitrogens with zero attached hydrogens (tertiary/aromatic N) is 1. The number of aliphatic hydroxyl groups is 1. The number of hydrogen-bond donors (Lipinski definition) is 4. The predicted octanol–water partition coefficient (Wildman–Crippen LogP) is 3.65. The molecule has 272 valence electrons. The second-order valence-electron chi connectivity index (χ2n) is 12.7. The third-order valence-corrected chi connectivity index (χ3v) is 10.3. The van der Waals surface area contributed by atoms with Crippen molar-refractivity contribution < 1.29 is 43.3 Å². The van der Waals surface area contributed by atoms with Gasteiger partial charge in [0.25, 0.3) is 5.91 Å². The Balaban J connectivity index is 2.04. The molecule has 14 heteroatoms. The van der Waals surface area contributed by atoms with Crippen LogP contribution in [-0.2, 0) is 33.4 Å². The van der Waals surface area contributed by atoms with E-state index in [1.807, 2.05) is 25.6 Å². The Morgan fingerprint density at radius 2 is 1.88 bits per heavy atom. The third-order valence-electron chi connectivity index (χ3n) is 8.88. The lowest BCUT2D eigenvalue weighted by atomic mass is 9.85. The van der Waals surface area contributed by atoms with Crippen molar-refractivity contribution in [3.8, 4) is 0 Å². The largest absolute Gasteiger partial charge is 0.494 e. The maximum atomic E-state index is 13.9. The molecule has 1 saturated heterocycles. The number of rotatable bonds is 8. The fourth-order valence-electron chi connectivity index (χ4n) is 6.05. The fourth-order valence-corrected chi connectivity index (χ4v) is 7.27. The number of fused-ring (bicyclic) bond motifs is 2. The topological polar surface area (TPSA) is 180 Å². The van der Waals surface area contributed by atoms with Crippen LogP contribution >= 0.6 is 11.8 Å². The van der Waals surface area contributed by atoms with Crippen LogP contribution in [0.15, 0.2) is 63.7 Å². The molecule has 3 rings (SSSR count). The zero-order valence-corrected chi connectivity index (χ0v) is 30.5. The van der Waals surface area contributed by atoms with Crippen molar-refractivity contribution in [3.63, 3.8) is 0 Å². The number of oxime groups is 1. The predicted molar refractivity (Wildman–Crippen MR) is 188 cm³/mol. The van der Waals surface area contributed by atoms with E-state index in [4.69, 9.17) is 29.5 Å². The minimum atomic E-state index is -0.990. The highest BCUT2D eigenvalue weighted by Gasteiger charge is 2.34. The van der Waals surface area contributed by atoms with Gasteiger partial charge in [-0.3, -0.25) is 9.59 Å². The molecule has 2 heterocycles. The fraction of sp³-hybridized carbons (Fsp3) is 0.600. The first kappa shape index (κ1) is 40.0. The number of allylic oxidation sites excluding steroid dienone is 4. The first-order valence-electron chi connectivity index (χ1n) is 16.4. The summed E-state index contributed by atoms with van der Waals surface area (Å²) in [5, 5.41) is 22.3. The molecule has 8 atom stereocenters. The van der Waals surface area contributed by atoms with E-state index in [0.717, 1.165) is 12.3 Å². The Morgan fingerprint density at radius 1 is 1.14 bits per heavy atom. The third kappa shape index (κ3) is 11.0. The van der Waals surface area contributed by atoms with E-state index in [0.29, 0.717) is 41.0 Å². The van der Waals surface area contributed by atoms with Crippen molar-refractivity contribution >= 4 is 35.3 Å². The molecule has 0 radical (unpaired) electrons. The molecule has 0 saturated carbocycles. The molecule has 5 N–H and O–H groups in total. The molecule has 2 amide bonds. The summed E-state index contributed by atoms with van der Waals surface area (Å²) >= 11 is 1.83. The second-order valence-corrected chi connectivity index (χ2v) is 13.9. The van der Waals surface area contributed by atoms with Crippen molar-refractivity contribution in [3.05, 3.63) is 58.6 Å². The normalized spacial score (nSPS) is 34.3. The molecule has 0 spiro atoms. The quantitative estimate of drug-likeness (QED) is 0.125. The Morgan fingerprint density at radius 3 is 2.49 bits per heavy atom. The molecule has 0 aromatic carbocycles. The molecule has 2 bridgehead atoms. The first-order chi connectivity index (χ1) is 23.3. The van der Waals surface area contributed by atoms with Crippen LogP contribution in [0.5, 0.6) is 0 Å². The number of carbonyl (C=O) groups excluding carboxylic acids is 3. The number of primary amides is 1. The summed E-state index contributed by atoms with van der Waals surface area (Å²) in [5.74, 6) is -0.380. The van der Waals surface area contributed by atoms with Crippen LogP contribution in [0.4, 0.5) is 4.79 Å². The molecule has 0 aromatic rings. The number of aliphatic hydroxyl groups excluding tert-OH is 1. The summed E-state index contributed by atoms with van der Waals surface area (Å²) < 4.78 is 22.5. The molecule has 13 nitrogen and oxygen atoms in total. The van der Waals surface area contributed by atoms with Crippen molar-refractivity contribution in [2.45, 2.75) is 89.6 Å². The first-order valence-corrected chi connectivity index (χ1v) is 17.5. The van der Waals surface area contributed by atoms with E-state index in [1.165, 1.54) is 27.4 Å². The molecule has 1 aliphatic carbocycles. The van der Waals surface area contributed by atoms with Gasteiger partial charge in [-0.25, -0.2) is 4.79 Å². The summed E-state index contributed by atoms with van der Waals surface area (Å²) in [4.78, 5) is 44.8. The summed E-state index contributed by atoms with van der Waals surface area (Å²) in [6.07, 6.45) is 5.19. The molecule has 0 aromatic heterocycles. The number of Topliss-reactive ketones (excluding diaryl/α,β-unsaturated/α-hetero) is 1. The van der Waals surface area contributed by atoms with Gasteiger partial charge in [-0.2, -0.15) is 0 Å². The number of ketones is 1. The Hall–Kier alpha value is -3.43. The number of ether oxygens (including phenoxy) is 4. The monoisotopic (exact) mass is 704 g/mol. The highest BCUT2D eigenvalue weighted by Crippen LogP contribution is 2.30. The van der Waals surface area contributed by atoms with E-state index in [2.05, 4.69) is 22.7 Å². The van der Waals surface area contributed by atoms with E-state index < -0.39 is 48.1 Å². The Labute approximate surface area is 293 Å². The van der Waals surface area contributed by atoms with Crippen molar-refractivity contribution in [1.82, 2.24) is 10.6 Å². The van der Waals surface area contributed by atoms with Gasteiger partial charge in [0.2, 0.25) is 5.78 Å². The van der Waals surface area contributed by atoms with Gasteiger partial charge in [0, 0.05) is 48.5 Å². The van der Waals surface area contributed by atoms with Gasteiger partial charge < -0.3 is 45.3 Å². The van der Waals surface area contributed by atoms with Gasteiger partial charge >= 0.3 is 6.09 Å². The summed E-state index contributed by atoms with van der Waals surface area (Å²) in [5.41, 5.74) is 6.90. The van der Waals surface area contributed by atoms with Crippen LogP contribution in [0.2, 0.25) is 0 Å². The lowest BCUT2D eigenvalue weighted by Crippen LogP contribution is -2.37. The van der Waals surface area contributed by atoms with Crippen molar-refractivity contribution in [1.29, 1.82) is 0 Å². The maximum Gasteiger partial charge on any atom is 0.405 e. The van der Waals surface area contributed by atoms with Gasteiger partial charge in [-0.1, -0.05) is 43.3 Å². The number of nitrogens with two attached hydrogens (primary N) is 1. The number of thioether (sulfide) groups is 1. The van der Waals surface area contributed by atoms with Gasteiger partial charge in [0.05, 0.1) is 25.0 Å². The van der Waals surface area contributed by atoms with E-state index in [1.54, 1.807) is 38.2 Å². The average molecular weight is 705 g/mol. The van der Waals surface area contributed by atoms with Gasteiger partial charge in [-0.15, -0.1) is 11.8 Å². The molecular weight excluding hydrogens is 652 g/mol. The highest BCUT2D eigenvalue weighted by atomic mass is 32.2. The van der Waals surface area contributed by atoms with E-state index in [9.17, 15) is 19.5 Å². The average Bonchev–Trinajstić information content (AvgIpc) is 3.47. The van der Waals surface area contributed by atoms with Crippen LogP contribution in [0.25, 0.3) is 0 Å². The highest BCUT2D eigenvalue weighted by molar-refractivity contribution is 8.00. The van der Waals surface area contributed by atoms with Gasteiger partial charge in [-0.05, 0) is 57.6 Å². The summed E-state index contributed by atoms with van der Waals surface area (Å²) in [6.45, 7) is 9.62. The summed E-state index contributed by atoms with van der Waals surface area (Å²) in [6, 6.07) is 0.366. The minimum Gasteiger partial charge on any atom is -0.494 e. The molecule has 49 heavy (non-hydrogen) atoms. The van der Waals surface area contributed by atoms with Crippen molar-refractivity contribution in [2.75, 3.05) is 33.8 Å². The number of carbonyl (C=O) groups is 3. The molecule has 2 aliphatic heterocycles. The van der Waals surface area contributed by atoms with E-state index in [-0.39, 0.29) is 29.5 Å². The van der Waals surface area contributed by atoms with Gasteiger partial charge in [0.1, 0.15) is 18.4 Å². The minimum absolute atomic E-state index is 0.0237. The van der Waals surface area contributed by atoms with Crippen LogP contribution in [0.1, 0.15) is 53.9 Å². The molecule has 1 fully saturated rings. The Bertz CT molecular complexity index is 1390. The summed E-state index contributed by atoms with van der Waals surface area (Å²) in [7, 11) is 4.43. The number of amides is 2. The van der Waals surface area contributed by atoms with Crippen molar-refractivity contribution in [2.24, 2.45) is 22.7 Å². The zero-order chi connectivity index (χ0) is 36.2. The van der Waals surface area contributed by atoms with Crippen LogP contribution in [0, 0.1) is 11.8 Å². The molecule has 2 unspecified atom stereocenters. The van der Waals surface area contributed by atoms with Gasteiger partial charge in [0.15, 0.2) is 11.9 Å². The molecule has 3 aliphatic rings. The molecular formula is C35H52N4O9S. The smallest absolute Gasteiger partial charge is 0.405 e. The maximum absolute atomic E-state index is 13.9. The standard InChI is InChI=1S/C35H52N4O9S/c1-19-14-24-31(41)25(17-26(33(24)46-8)39-47-13-12-29-23(5)37-18-49-29)38-34(42)20(2)10-9-11-27(44-6)32(48-35(36)43)22(4)16-21(3)30(40)28(15-19)45-7/h9-11,16-17,19,21,23,27-30,32,37,40H,12-15,18H2,1-8H3,(H2,36,43)(H,38,42)/b11-9-,20-10+,22-16+,39-26+/t19-,21+,23?,27+,28+,29?,30-,32+/m1/s1. The van der Waals surface area contributed by atoms with E-state index >= 15 is 0 Å². The SMILES string of the molecule is COC1=C2C[C@@H](C)C[C@H](OC)[C@H](O)[C@@H](C)/C=C(\C)[C@H](OC(N)=O)[C@@H](OC)/C=C\C=C(/C)C(=O)NC(=C/C1=N\OCCC1SCNC1C)C2=O. The van der Waals surface area contributed by atoms with Crippen LogP contribution < -0.4 is 16.4 Å². The number of methoxy groups -OCH3 is 3. The Kier molecular flexibility index (Phi) is 15.6. The second kappa shape index (κ2) is 19.1. The zero-order valence-electron chi connectivity index (χ0n) is 29.7. The lowest BCUT2D eigenvalue weighted by Gasteiger charge is -2.30. The van der Waals surface area contributed by atoms with Crippen LogP contribution in [0.3, 0.4) is 0 Å². The number of hydrogen-bond acceptors (Lipinski definition) is 12. The van der Waals surface area contributed by atoms with Crippen LogP contribution in [-0.4, -0.2) is 98.1 Å². The number of nitrogens with one attached hydrogen (secondary N) is 2.